The van der Waals surface area contributed by atoms with E-state index in [1.54, 1.807) is 16.6 Å². The summed E-state index contributed by atoms with van der Waals surface area (Å²) in [7, 11) is 0. The number of halogens is 2. The molecule has 4 rings (SSSR count). The molecule has 0 spiro atoms. The summed E-state index contributed by atoms with van der Waals surface area (Å²) in [5.74, 6) is 0.903. The fourth-order valence-electron chi connectivity index (χ4n) is 5.08. The molecule has 0 bridgehead atoms. The molecular formula is C33H44Cl2N6O2. The molecule has 2 aromatic heterocycles. The van der Waals surface area contributed by atoms with E-state index >= 15 is 0 Å². The number of carbonyl (C=O) groups excluding carboxylic acids is 1. The van der Waals surface area contributed by atoms with Gasteiger partial charge in [-0.05, 0) is 56.7 Å². The number of carbonyl (C=O) groups is 1. The molecule has 232 valence electrons. The zero-order chi connectivity index (χ0) is 30.7. The Morgan fingerprint density at radius 2 is 1.53 bits per heavy atom. The lowest BCUT2D eigenvalue weighted by atomic mass is 10.0. The number of hydrogen-bond donors (Lipinski definition) is 2. The molecule has 0 saturated carbocycles. The van der Waals surface area contributed by atoms with Gasteiger partial charge >= 0.3 is 0 Å². The van der Waals surface area contributed by atoms with Gasteiger partial charge in [-0.3, -0.25) is 15.2 Å². The van der Waals surface area contributed by atoms with Crippen LogP contribution in [0, 0.1) is 0 Å². The maximum absolute atomic E-state index is 13.8. The number of nitrogens with one attached hydrogen (secondary N) is 2. The zero-order valence-corrected chi connectivity index (χ0v) is 27.1. The third kappa shape index (κ3) is 8.97. The van der Waals surface area contributed by atoms with Crippen LogP contribution in [0.4, 0.5) is 5.69 Å². The van der Waals surface area contributed by atoms with Crippen LogP contribution >= 0.6 is 23.2 Å². The van der Waals surface area contributed by atoms with Crippen LogP contribution in [0.1, 0.15) is 85.0 Å². The zero-order valence-electron chi connectivity index (χ0n) is 25.5. The normalized spacial score (nSPS) is 11.7. The molecule has 0 aliphatic heterocycles. The van der Waals surface area contributed by atoms with E-state index in [-0.39, 0.29) is 12.6 Å². The maximum atomic E-state index is 13.8. The highest BCUT2D eigenvalue weighted by atomic mass is 35.5. The number of amides is 1. The van der Waals surface area contributed by atoms with Gasteiger partial charge in [-0.15, -0.1) is 10.2 Å². The molecule has 0 atom stereocenters. The molecule has 2 aromatic carbocycles. The summed E-state index contributed by atoms with van der Waals surface area (Å²) in [6, 6.07) is 17.2. The van der Waals surface area contributed by atoms with E-state index in [4.69, 9.17) is 27.9 Å². The number of unbranched alkanes of at least 4 members (excludes halogenated alkanes) is 9. The Balaban J connectivity index is 1.32. The van der Waals surface area contributed by atoms with Gasteiger partial charge in [-0.2, -0.15) is 0 Å². The third-order valence-electron chi connectivity index (χ3n) is 7.69. The minimum atomic E-state index is -0.885. The number of aromatic amines is 1. The molecule has 2 heterocycles. The number of benzene rings is 2. The van der Waals surface area contributed by atoms with Crippen molar-refractivity contribution >= 4 is 40.4 Å². The number of fused-ring (bicyclic) bond motifs is 1. The van der Waals surface area contributed by atoms with Crippen molar-refractivity contribution in [3.05, 3.63) is 64.6 Å². The number of nitrogens with zero attached hydrogens (tertiary/aromatic N) is 4. The van der Waals surface area contributed by atoms with Crippen LogP contribution < -0.4 is 15.0 Å². The first-order valence-electron chi connectivity index (χ1n) is 15.4. The maximum Gasteiger partial charge on any atom is 0.246 e. The van der Waals surface area contributed by atoms with Crippen molar-refractivity contribution in [1.29, 1.82) is 0 Å². The first kappa shape index (κ1) is 32.8. The van der Waals surface area contributed by atoms with Crippen molar-refractivity contribution < 1.29 is 9.53 Å². The summed E-state index contributed by atoms with van der Waals surface area (Å²) in [5.41, 5.74) is 1.29. The van der Waals surface area contributed by atoms with Crippen molar-refractivity contribution in [3.63, 3.8) is 0 Å². The molecule has 0 fully saturated rings. The summed E-state index contributed by atoms with van der Waals surface area (Å²) < 4.78 is 7.62. The van der Waals surface area contributed by atoms with E-state index < -0.39 is 5.54 Å². The largest absolute Gasteiger partial charge is 0.461 e. The van der Waals surface area contributed by atoms with Crippen LogP contribution in [0.2, 0.25) is 10.0 Å². The van der Waals surface area contributed by atoms with Crippen molar-refractivity contribution in [2.75, 3.05) is 18.2 Å². The Bertz CT molecular complexity index is 1420. The van der Waals surface area contributed by atoms with Gasteiger partial charge in [0.05, 0.1) is 5.54 Å². The minimum absolute atomic E-state index is 0.0140. The lowest BCUT2D eigenvalue weighted by Gasteiger charge is -2.33. The molecular weight excluding hydrogens is 583 g/mol. The van der Waals surface area contributed by atoms with Crippen molar-refractivity contribution in [3.8, 4) is 17.3 Å². The lowest BCUT2D eigenvalue weighted by molar-refractivity contribution is -0.124. The first-order chi connectivity index (χ1) is 20.8. The van der Waals surface area contributed by atoms with E-state index in [9.17, 15) is 4.79 Å². The summed E-state index contributed by atoms with van der Waals surface area (Å²) in [6.07, 6.45) is 12.5. The molecule has 0 aliphatic rings. The van der Waals surface area contributed by atoms with Gasteiger partial charge in [0.25, 0.3) is 0 Å². The summed E-state index contributed by atoms with van der Waals surface area (Å²) in [4.78, 5) is 15.7. The van der Waals surface area contributed by atoms with Crippen molar-refractivity contribution in [2.24, 2.45) is 0 Å². The van der Waals surface area contributed by atoms with Gasteiger partial charge in [-0.25, -0.2) is 4.52 Å². The second-order valence-corrected chi connectivity index (χ2v) is 12.3. The molecule has 10 heteroatoms. The van der Waals surface area contributed by atoms with Crippen LogP contribution in [0.25, 0.3) is 17.0 Å². The summed E-state index contributed by atoms with van der Waals surface area (Å²) in [5, 5.41) is 15.8. The average Bonchev–Trinajstić information content (AvgIpc) is 3.56. The van der Waals surface area contributed by atoms with Gasteiger partial charge in [0.1, 0.15) is 11.8 Å². The fourth-order valence-corrected chi connectivity index (χ4v) is 5.43. The molecule has 2 N–H and O–H groups in total. The topological polar surface area (TPSA) is 87.6 Å². The molecule has 0 radical (unpaired) electrons. The van der Waals surface area contributed by atoms with Gasteiger partial charge in [-0.1, -0.05) is 106 Å². The van der Waals surface area contributed by atoms with Gasteiger partial charge < -0.3 is 9.64 Å². The second kappa shape index (κ2) is 16.1. The number of ether oxygens (including phenoxy) is 1. The summed E-state index contributed by atoms with van der Waals surface area (Å²) in [6.45, 7) is 6.74. The smallest absolute Gasteiger partial charge is 0.246 e. The number of H-pyrrole nitrogens is 1. The first-order valence-corrected chi connectivity index (χ1v) is 16.2. The van der Waals surface area contributed by atoms with Crippen LogP contribution in [-0.2, 0) is 4.79 Å². The van der Waals surface area contributed by atoms with Gasteiger partial charge in [0.15, 0.2) is 11.5 Å². The van der Waals surface area contributed by atoms with Crippen LogP contribution in [0.5, 0.6) is 5.88 Å². The molecule has 0 saturated heterocycles. The van der Waals surface area contributed by atoms with Gasteiger partial charge in [0.2, 0.25) is 11.8 Å². The molecule has 8 nitrogen and oxygen atoms in total. The Hall–Kier alpha value is -3.07. The Morgan fingerprint density at radius 1 is 0.907 bits per heavy atom. The number of aromatic nitrogens is 4. The SMILES string of the molecule is CCCCCCCCCCCCN(C(=O)C(C)(C)NCOc1[nH]n2c(-c3ccc(Cl)cc3)nnc2c1Cl)c1ccccc1. The molecule has 0 unspecified atom stereocenters. The standard InChI is InChI=1S/C33H44Cl2N6O2/c1-4-5-6-7-8-9-10-11-12-16-23-40(27-17-14-13-15-18-27)32(42)33(2,3)36-24-43-31-28(35)30-38-37-29(41(30)39-31)25-19-21-26(34)22-20-25/h13-15,17-22,36,39H,4-12,16,23-24H2,1-3H3. The number of anilines is 1. The van der Waals surface area contributed by atoms with E-state index in [0.29, 0.717) is 33.9 Å². The van der Waals surface area contributed by atoms with Crippen LogP contribution in [0.15, 0.2) is 54.6 Å². The van der Waals surface area contributed by atoms with E-state index in [1.165, 1.54) is 51.4 Å². The van der Waals surface area contributed by atoms with Crippen molar-refractivity contribution in [1.82, 2.24) is 25.1 Å². The van der Waals surface area contributed by atoms with E-state index in [1.807, 2.05) is 61.2 Å². The molecule has 1 amide bonds. The Labute approximate surface area is 265 Å². The van der Waals surface area contributed by atoms with Crippen molar-refractivity contribution in [2.45, 2.75) is 90.5 Å². The van der Waals surface area contributed by atoms with Crippen LogP contribution in [-0.4, -0.2) is 44.5 Å². The average molecular weight is 628 g/mol. The number of para-hydroxylation sites is 1. The second-order valence-electron chi connectivity index (χ2n) is 11.5. The monoisotopic (exact) mass is 626 g/mol. The Kier molecular flexibility index (Phi) is 12.3. The van der Waals surface area contributed by atoms with Gasteiger partial charge in [0, 0.05) is 22.8 Å². The quantitative estimate of drug-likeness (QED) is 0.0852. The lowest BCUT2D eigenvalue weighted by Crippen LogP contribution is -2.55. The third-order valence-corrected chi connectivity index (χ3v) is 8.28. The highest BCUT2D eigenvalue weighted by Crippen LogP contribution is 2.30. The highest BCUT2D eigenvalue weighted by molar-refractivity contribution is 6.34. The Morgan fingerprint density at radius 3 is 2.19 bits per heavy atom. The molecule has 4 aromatic rings. The minimum Gasteiger partial charge on any atom is -0.461 e. The van der Waals surface area contributed by atoms with E-state index in [0.717, 1.165) is 24.1 Å². The number of hydrogen-bond acceptors (Lipinski definition) is 5. The van der Waals surface area contributed by atoms with Crippen LogP contribution in [0.3, 0.4) is 0 Å². The molecule has 0 aliphatic carbocycles. The highest BCUT2D eigenvalue weighted by Gasteiger charge is 2.32. The summed E-state index contributed by atoms with van der Waals surface area (Å²) >= 11 is 12.6. The predicted molar refractivity (Wildman–Crippen MR) is 176 cm³/mol. The fraction of sp³-hybridized carbons (Fsp3) is 0.485. The van der Waals surface area contributed by atoms with E-state index in [2.05, 4.69) is 27.5 Å². The molecule has 43 heavy (non-hydrogen) atoms. The predicted octanol–water partition coefficient (Wildman–Crippen LogP) is 8.69. The number of rotatable bonds is 18.